The molecular formula is C20H21N3O5. The van der Waals surface area contributed by atoms with Crippen molar-refractivity contribution in [3.05, 3.63) is 52.9 Å². The molecule has 0 saturated heterocycles. The van der Waals surface area contributed by atoms with Crippen LogP contribution in [0.2, 0.25) is 0 Å². The molecule has 0 unspecified atom stereocenters. The first-order valence-corrected chi connectivity index (χ1v) is 8.67. The second-order valence-electron chi connectivity index (χ2n) is 5.81. The lowest BCUT2D eigenvalue weighted by molar-refractivity contribution is 0.262. The van der Waals surface area contributed by atoms with Crippen LogP contribution < -0.4 is 31.0 Å². The number of para-hydroxylation sites is 1. The Morgan fingerprint density at radius 1 is 1.00 bits per heavy atom. The van der Waals surface area contributed by atoms with Gasteiger partial charge in [-0.1, -0.05) is 12.1 Å². The first-order valence-electron chi connectivity index (χ1n) is 8.67. The van der Waals surface area contributed by atoms with Crippen molar-refractivity contribution in [1.82, 2.24) is 0 Å². The van der Waals surface area contributed by atoms with Gasteiger partial charge in [0, 0.05) is 23.7 Å². The van der Waals surface area contributed by atoms with Crippen molar-refractivity contribution >= 4 is 34.1 Å². The summed E-state index contributed by atoms with van der Waals surface area (Å²) >= 11 is 0. The molecule has 0 aliphatic rings. The average Bonchev–Trinajstić information content (AvgIpc) is 2.70. The topological polar surface area (TPSA) is 102 Å². The molecule has 0 radical (unpaired) electrons. The number of hydrogen-bond acceptors (Lipinski definition) is 6. The molecule has 8 heteroatoms. The van der Waals surface area contributed by atoms with Gasteiger partial charge in [-0.25, -0.2) is 9.59 Å². The second-order valence-corrected chi connectivity index (χ2v) is 5.81. The fourth-order valence-corrected chi connectivity index (χ4v) is 2.81. The Bertz CT molecular complexity index is 1060. The highest BCUT2D eigenvalue weighted by atomic mass is 16.5. The molecule has 3 aromatic rings. The monoisotopic (exact) mass is 383 g/mol. The lowest BCUT2D eigenvalue weighted by Crippen LogP contribution is -2.24. The highest BCUT2D eigenvalue weighted by Crippen LogP contribution is 2.31. The van der Waals surface area contributed by atoms with Crippen LogP contribution in [0.4, 0.5) is 21.9 Å². The average molecular weight is 383 g/mol. The summed E-state index contributed by atoms with van der Waals surface area (Å²) in [5.41, 5.74) is 0.826. The number of hydrogen-bond donors (Lipinski definition) is 3. The molecule has 0 spiro atoms. The zero-order chi connectivity index (χ0) is 20.1. The van der Waals surface area contributed by atoms with Crippen molar-refractivity contribution in [1.29, 1.82) is 0 Å². The van der Waals surface area contributed by atoms with E-state index in [1.54, 1.807) is 30.3 Å². The normalized spacial score (nSPS) is 10.4. The first-order chi connectivity index (χ1) is 13.6. The molecule has 0 aliphatic carbocycles. The van der Waals surface area contributed by atoms with Gasteiger partial charge < -0.3 is 24.5 Å². The van der Waals surface area contributed by atoms with Crippen LogP contribution in [0.5, 0.6) is 11.5 Å². The number of methoxy groups -OCH3 is 2. The molecule has 0 saturated carbocycles. The summed E-state index contributed by atoms with van der Waals surface area (Å²) in [5, 5.41) is 9.07. The number of amides is 2. The van der Waals surface area contributed by atoms with E-state index in [9.17, 15) is 9.59 Å². The molecule has 3 rings (SSSR count). The summed E-state index contributed by atoms with van der Waals surface area (Å²) in [6, 6.07) is 11.5. The maximum atomic E-state index is 12.5. The van der Waals surface area contributed by atoms with Crippen LogP contribution in [0.3, 0.4) is 0 Å². The highest BCUT2D eigenvalue weighted by Gasteiger charge is 2.17. The van der Waals surface area contributed by atoms with Crippen molar-refractivity contribution < 1.29 is 18.7 Å². The standard InChI is InChI=1S/C20H21N3O5/c1-4-21-17-13-7-5-6-8-14(13)28-19(24)18(17)23-20(25)22-12-9-10-15(26-2)16(11-12)27-3/h5-11,21H,4H2,1-3H3,(H2,22,23,25). The number of carbonyl (C=O) groups excluding carboxylic acids is 1. The van der Waals surface area contributed by atoms with Crippen molar-refractivity contribution in [3.8, 4) is 11.5 Å². The summed E-state index contributed by atoms with van der Waals surface area (Å²) in [7, 11) is 3.03. The lowest BCUT2D eigenvalue weighted by Gasteiger charge is -2.14. The molecule has 146 valence electrons. The van der Waals surface area contributed by atoms with Gasteiger partial charge in [-0.05, 0) is 31.2 Å². The Labute approximate surface area is 161 Å². The Kier molecular flexibility index (Phi) is 5.69. The number of ether oxygens (including phenoxy) is 2. The largest absolute Gasteiger partial charge is 0.493 e. The summed E-state index contributed by atoms with van der Waals surface area (Å²) in [6.07, 6.45) is 0. The van der Waals surface area contributed by atoms with Gasteiger partial charge in [0.15, 0.2) is 17.2 Å². The zero-order valence-electron chi connectivity index (χ0n) is 15.8. The second kappa shape index (κ2) is 8.34. The lowest BCUT2D eigenvalue weighted by atomic mass is 10.2. The van der Waals surface area contributed by atoms with Gasteiger partial charge in [-0.15, -0.1) is 0 Å². The summed E-state index contributed by atoms with van der Waals surface area (Å²) in [5.74, 6) is 1.01. The van der Waals surface area contributed by atoms with Crippen LogP contribution in [0.15, 0.2) is 51.7 Å². The summed E-state index contributed by atoms with van der Waals surface area (Å²) in [4.78, 5) is 24.9. The van der Waals surface area contributed by atoms with E-state index in [-0.39, 0.29) is 5.69 Å². The molecule has 2 aromatic carbocycles. The van der Waals surface area contributed by atoms with E-state index >= 15 is 0 Å². The number of fused-ring (bicyclic) bond motifs is 1. The number of anilines is 3. The van der Waals surface area contributed by atoms with Crippen LogP contribution in [-0.4, -0.2) is 26.8 Å². The molecular weight excluding hydrogens is 362 g/mol. The number of nitrogens with one attached hydrogen (secondary N) is 3. The molecule has 1 heterocycles. The van der Waals surface area contributed by atoms with Gasteiger partial charge in [-0.2, -0.15) is 0 Å². The van der Waals surface area contributed by atoms with E-state index in [0.29, 0.717) is 40.4 Å². The van der Waals surface area contributed by atoms with Crippen LogP contribution >= 0.6 is 0 Å². The van der Waals surface area contributed by atoms with E-state index in [1.165, 1.54) is 14.2 Å². The SMILES string of the molecule is CCNc1c(NC(=O)Nc2ccc(OC)c(OC)c2)c(=O)oc2ccccc12. The van der Waals surface area contributed by atoms with Crippen molar-refractivity contribution in [2.24, 2.45) is 0 Å². The van der Waals surface area contributed by atoms with Gasteiger partial charge in [-0.3, -0.25) is 5.32 Å². The van der Waals surface area contributed by atoms with E-state index in [0.717, 1.165) is 0 Å². The third kappa shape index (κ3) is 3.85. The number of carbonyl (C=O) groups is 1. The molecule has 2 amide bonds. The van der Waals surface area contributed by atoms with Gasteiger partial charge >= 0.3 is 11.7 Å². The predicted molar refractivity (Wildman–Crippen MR) is 109 cm³/mol. The summed E-state index contributed by atoms with van der Waals surface area (Å²) in [6.45, 7) is 2.47. The molecule has 0 fully saturated rings. The van der Waals surface area contributed by atoms with Gasteiger partial charge in [0.05, 0.1) is 19.9 Å². The minimum atomic E-state index is -0.642. The zero-order valence-corrected chi connectivity index (χ0v) is 15.8. The van der Waals surface area contributed by atoms with Crippen LogP contribution in [-0.2, 0) is 0 Å². The van der Waals surface area contributed by atoms with Crippen LogP contribution in [0.1, 0.15) is 6.92 Å². The highest BCUT2D eigenvalue weighted by molar-refractivity contribution is 6.05. The molecule has 0 atom stereocenters. The van der Waals surface area contributed by atoms with Crippen LogP contribution in [0, 0.1) is 0 Å². The third-order valence-corrected chi connectivity index (χ3v) is 4.05. The van der Waals surface area contributed by atoms with Crippen molar-refractivity contribution in [2.75, 3.05) is 36.7 Å². The number of urea groups is 1. The fourth-order valence-electron chi connectivity index (χ4n) is 2.81. The van der Waals surface area contributed by atoms with Gasteiger partial charge in [0.2, 0.25) is 0 Å². The fraction of sp³-hybridized carbons (Fsp3) is 0.200. The Morgan fingerprint density at radius 3 is 2.46 bits per heavy atom. The quantitative estimate of drug-likeness (QED) is 0.558. The maximum absolute atomic E-state index is 12.5. The van der Waals surface area contributed by atoms with E-state index in [1.807, 2.05) is 19.1 Å². The van der Waals surface area contributed by atoms with Crippen molar-refractivity contribution in [2.45, 2.75) is 6.92 Å². The smallest absolute Gasteiger partial charge is 0.362 e. The Hall–Kier alpha value is -3.68. The molecule has 28 heavy (non-hydrogen) atoms. The van der Waals surface area contributed by atoms with Gasteiger partial charge in [0.1, 0.15) is 5.58 Å². The van der Waals surface area contributed by atoms with E-state index in [4.69, 9.17) is 13.9 Å². The minimum Gasteiger partial charge on any atom is -0.493 e. The minimum absolute atomic E-state index is 0.0403. The summed E-state index contributed by atoms with van der Waals surface area (Å²) < 4.78 is 15.7. The Morgan fingerprint density at radius 2 is 1.75 bits per heavy atom. The predicted octanol–water partition coefficient (Wildman–Crippen LogP) is 3.89. The van der Waals surface area contributed by atoms with Crippen LogP contribution in [0.25, 0.3) is 11.0 Å². The molecule has 3 N–H and O–H groups in total. The molecule has 0 bridgehead atoms. The molecule has 8 nitrogen and oxygen atoms in total. The number of benzene rings is 2. The first kappa shape index (κ1) is 19.1. The number of rotatable bonds is 6. The molecule has 1 aromatic heterocycles. The van der Waals surface area contributed by atoms with Gasteiger partial charge in [0.25, 0.3) is 0 Å². The van der Waals surface area contributed by atoms with E-state index in [2.05, 4.69) is 16.0 Å². The molecule has 0 aliphatic heterocycles. The van der Waals surface area contributed by atoms with Crippen molar-refractivity contribution in [3.63, 3.8) is 0 Å². The van der Waals surface area contributed by atoms with E-state index < -0.39 is 11.7 Å². The maximum Gasteiger partial charge on any atom is 0.362 e. The third-order valence-electron chi connectivity index (χ3n) is 4.05. The Balaban J connectivity index is 1.90.